The molecule has 26 heavy (non-hydrogen) atoms. The van der Waals surface area contributed by atoms with E-state index in [-0.39, 0.29) is 5.97 Å². The normalized spacial score (nSPS) is 13.7. The molecule has 1 saturated carbocycles. The van der Waals surface area contributed by atoms with E-state index in [4.69, 9.17) is 4.74 Å². The molecule has 1 aliphatic rings. The molecule has 1 aliphatic carbocycles. The number of hydrogen-bond donors (Lipinski definition) is 0. The van der Waals surface area contributed by atoms with Crippen LogP contribution in [0.25, 0.3) is 0 Å². The monoisotopic (exact) mass is 386 g/mol. The van der Waals surface area contributed by atoms with Crippen molar-refractivity contribution in [3.05, 3.63) is 52.1 Å². The van der Waals surface area contributed by atoms with Crippen molar-refractivity contribution in [3.8, 4) is 0 Å². The highest BCUT2D eigenvalue weighted by Gasteiger charge is 2.30. The van der Waals surface area contributed by atoms with Gasteiger partial charge in [-0.15, -0.1) is 21.5 Å². The summed E-state index contributed by atoms with van der Waals surface area (Å²) >= 11 is 3.22. The molecule has 0 aromatic carbocycles. The number of carbonyl (C=O) groups is 1. The Morgan fingerprint density at radius 3 is 2.88 bits per heavy atom. The van der Waals surface area contributed by atoms with Crippen LogP contribution in [0.2, 0.25) is 0 Å². The smallest absolute Gasteiger partial charge is 0.339 e. The number of ether oxygens (including phenoxy) is 1. The van der Waals surface area contributed by atoms with Gasteiger partial charge in [0.1, 0.15) is 10.9 Å². The first-order valence-electron chi connectivity index (χ1n) is 8.51. The minimum absolute atomic E-state index is 0.351. The molecule has 3 aromatic rings. The Balaban J connectivity index is 1.53. The third-order valence-corrected chi connectivity index (χ3v) is 5.79. The number of nitrogens with zero attached hydrogens (tertiary/aromatic N) is 4. The standard InChI is InChI=1S/C18H18N4O2S2/c1-2-24-17(23)12-5-8-16(19-11-12)26-18-21-20-15(22(18)13-6-7-13)10-14-4-3-9-25-14/h3-5,8-9,11,13H,2,6-7,10H2,1H3. The van der Waals surface area contributed by atoms with Gasteiger partial charge in [-0.1, -0.05) is 6.07 Å². The van der Waals surface area contributed by atoms with E-state index in [0.717, 1.165) is 35.3 Å². The summed E-state index contributed by atoms with van der Waals surface area (Å²) in [7, 11) is 0. The molecule has 0 bridgehead atoms. The highest BCUT2D eigenvalue weighted by atomic mass is 32.2. The molecule has 0 N–H and O–H groups in total. The quantitative estimate of drug-likeness (QED) is 0.572. The van der Waals surface area contributed by atoms with Crippen molar-refractivity contribution in [1.29, 1.82) is 0 Å². The molecule has 134 valence electrons. The molecule has 8 heteroatoms. The summed E-state index contributed by atoms with van der Waals surface area (Å²) in [6, 6.07) is 8.22. The van der Waals surface area contributed by atoms with Gasteiger partial charge in [0.05, 0.1) is 12.2 Å². The number of thiophene rings is 1. The lowest BCUT2D eigenvalue weighted by molar-refractivity contribution is 0.0525. The highest BCUT2D eigenvalue weighted by Crippen LogP contribution is 2.40. The van der Waals surface area contributed by atoms with Gasteiger partial charge in [0.25, 0.3) is 0 Å². The number of aromatic nitrogens is 4. The van der Waals surface area contributed by atoms with Crippen LogP contribution in [-0.4, -0.2) is 32.3 Å². The molecule has 0 saturated heterocycles. The Kier molecular flexibility index (Phi) is 5.03. The molecule has 1 fully saturated rings. The van der Waals surface area contributed by atoms with Crippen molar-refractivity contribution in [2.24, 2.45) is 0 Å². The van der Waals surface area contributed by atoms with E-state index in [1.807, 2.05) is 6.07 Å². The second kappa shape index (κ2) is 7.59. The summed E-state index contributed by atoms with van der Waals surface area (Å²) in [6.45, 7) is 2.14. The van der Waals surface area contributed by atoms with Crippen LogP contribution in [0.1, 0.15) is 46.9 Å². The van der Waals surface area contributed by atoms with Crippen LogP contribution in [0.5, 0.6) is 0 Å². The molecular formula is C18H18N4O2S2. The maximum atomic E-state index is 11.7. The molecule has 0 unspecified atom stereocenters. The Bertz CT molecular complexity index is 887. The van der Waals surface area contributed by atoms with E-state index in [1.165, 1.54) is 16.6 Å². The van der Waals surface area contributed by atoms with Gasteiger partial charge in [0, 0.05) is 23.5 Å². The topological polar surface area (TPSA) is 69.9 Å². The van der Waals surface area contributed by atoms with Crippen LogP contribution in [-0.2, 0) is 11.2 Å². The largest absolute Gasteiger partial charge is 0.462 e. The molecule has 3 heterocycles. The van der Waals surface area contributed by atoms with E-state index in [1.54, 1.807) is 30.5 Å². The maximum absolute atomic E-state index is 11.7. The van der Waals surface area contributed by atoms with E-state index in [2.05, 4.69) is 37.3 Å². The predicted octanol–water partition coefficient (Wildman–Crippen LogP) is 3.99. The molecule has 3 aromatic heterocycles. The van der Waals surface area contributed by atoms with Crippen molar-refractivity contribution in [3.63, 3.8) is 0 Å². The minimum Gasteiger partial charge on any atom is -0.462 e. The summed E-state index contributed by atoms with van der Waals surface area (Å²) in [5, 5.41) is 12.5. The fourth-order valence-electron chi connectivity index (χ4n) is 2.64. The second-order valence-electron chi connectivity index (χ2n) is 5.96. The van der Waals surface area contributed by atoms with E-state index >= 15 is 0 Å². The first kappa shape index (κ1) is 17.2. The van der Waals surface area contributed by atoms with E-state index in [9.17, 15) is 4.79 Å². The fourth-order valence-corrected chi connectivity index (χ4v) is 4.20. The number of rotatable bonds is 7. The number of hydrogen-bond acceptors (Lipinski definition) is 7. The summed E-state index contributed by atoms with van der Waals surface area (Å²) in [6.07, 6.45) is 4.68. The Morgan fingerprint density at radius 1 is 1.35 bits per heavy atom. The summed E-state index contributed by atoms with van der Waals surface area (Å²) < 4.78 is 7.23. The van der Waals surface area contributed by atoms with Crippen LogP contribution in [0, 0.1) is 0 Å². The van der Waals surface area contributed by atoms with Gasteiger partial charge in [-0.3, -0.25) is 0 Å². The summed E-state index contributed by atoms with van der Waals surface area (Å²) in [5.74, 6) is 0.650. The van der Waals surface area contributed by atoms with Crippen molar-refractivity contribution >= 4 is 29.1 Å². The Labute approximate surface area is 159 Å². The lowest BCUT2D eigenvalue weighted by Gasteiger charge is -2.08. The van der Waals surface area contributed by atoms with Crippen molar-refractivity contribution < 1.29 is 9.53 Å². The molecule has 6 nitrogen and oxygen atoms in total. The maximum Gasteiger partial charge on any atom is 0.339 e. The molecular weight excluding hydrogens is 368 g/mol. The average Bonchev–Trinajstić information content (AvgIpc) is 3.20. The van der Waals surface area contributed by atoms with Crippen LogP contribution < -0.4 is 0 Å². The molecule has 0 radical (unpaired) electrons. The zero-order chi connectivity index (χ0) is 17.9. The van der Waals surface area contributed by atoms with Crippen LogP contribution >= 0.6 is 23.1 Å². The first-order valence-corrected chi connectivity index (χ1v) is 10.2. The molecule has 0 aliphatic heterocycles. The van der Waals surface area contributed by atoms with E-state index in [0.29, 0.717) is 18.2 Å². The third kappa shape index (κ3) is 3.81. The number of esters is 1. The van der Waals surface area contributed by atoms with Gasteiger partial charge in [-0.2, -0.15) is 0 Å². The number of carbonyl (C=O) groups excluding carboxylic acids is 1. The van der Waals surface area contributed by atoms with Gasteiger partial charge < -0.3 is 9.30 Å². The lowest BCUT2D eigenvalue weighted by Crippen LogP contribution is -2.05. The molecule has 4 rings (SSSR count). The molecule has 0 amide bonds. The minimum atomic E-state index is -0.351. The van der Waals surface area contributed by atoms with Crippen LogP contribution in [0.4, 0.5) is 0 Å². The summed E-state index contributed by atoms with van der Waals surface area (Å²) in [4.78, 5) is 17.4. The summed E-state index contributed by atoms with van der Waals surface area (Å²) in [5.41, 5.74) is 0.457. The zero-order valence-corrected chi connectivity index (χ0v) is 15.9. The SMILES string of the molecule is CCOC(=O)c1ccc(Sc2nnc(Cc3cccs3)n2C2CC2)nc1. The third-order valence-electron chi connectivity index (χ3n) is 4.00. The van der Waals surface area contributed by atoms with Gasteiger partial charge >= 0.3 is 5.97 Å². The van der Waals surface area contributed by atoms with Gasteiger partial charge in [-0.05, 0) is 55.1 Å². The Morgan fingerprint density at radius 2 is 2.23 bits per heavy atom. The van der Waals surface area contributed by atoms with Crippen LogP contribution in [0.15, 0.2) is 46.0 Å². The fraction of sp³-hybridized carbons (Fsp3) is 0.333. The Hall–Kier alpha value is -2.19. The lowest BCUT2D eigenvalue weighted by atomic mass is 10.3. The van der Waals surface area contributed by atoms with E-state index < -0.39 is 0 Å². The molecule has 0 spiro atoms. The second-order valence-corrected chi connectivity index (χ2v) is 7.98. The highest BCUT2D eigenvalue weighted by molar-refractivity contribution is 7.99. The van der Waals surface area contributed by atoms with Crippen molar-refractivity contribution in [2.45, 2.75) is 42.4 Å². The zero-order valence-electron chi connectivity index (χ0n) is 14.3. The van der Waals surface area contributed by atoms with Gasteiger partial charge in [0.15, 0.2) is 5.16 Å². The predicted molar refractivity (Wildman–Crippen MR) is 99.7 cm³/mol. The van der Waals surface area contributed by atoms with Gasteiger partial charge in [-0.25, -0.2) is 9.78 Å². The van der Waals surface area contributed by atoms with Crippen LogP contribution in [0.3, 0.4) is 0 Å². The average molecular weight is 387 g/mol. The van der Waals surface area contributed by atoms with Crippen molar-refractivity contribution in [1.82, 2.24) is 19.7 Å². The van der Waals surface area contributed by atoms with Gasteiger partial charge in [0.2, 0.25) is 0 Å². The molecule has 0 atom stereocenters. The first-order chi connectivity index (χ1) is 12.7. The number of pyridine rings is 1. The van der Waals surface area contributed by atoms with Crippen molar-refractivity contribution in [2.75, 3.05) is 6.61 Å².